The second kappa shape index (κ2) is 10.3. The summed E-state index contributed by atoms with van der Waals surface area (Å²) in [4.78, 5) is 36.8. The van der Waals surface area contributed by atoms with Crippen molar-refractivity contribution in [3.63, 3.8) is 0 Å². The highest BCUT2D eigenvalue weighted by molar-refractivity contribution is 5.96. The molecule has 4 aromatic rings. The first-order valence-electron chi connectivity index (χ1n) is 10.7. The Morgan fingerprint density at radius 1 is 0.853 bits per heavy atom. The first-order valence-corrected chi connectivity index (χ1v) is 10.7. The number of carbonyl (C=O) groups excluding carboxylic acids is 3. The van der Waals surface area contributed by atoms with Gasteiger partial charge in [0, 0.05) is 17.4 Å². The van der Waals surface area contributed by atoms with Crippen LogP contribution in [0, 0.1) is 0 Å². The average Bonchev–Trinajstić information content (AvgIpc) is 3.36. The van der Waals surface area contributed by atoms with Crippen LogP contribution >= 0.6 is 0 Å². The van der Waals surface area contributed by atoms with E-state index in [1.54, 1.807) is 54.7 Å². The third-order valence-corrected chi connectivity index (χ3v) is 5.19. The van der Waals surface area contributed by atoms with Gasteiger partial charge in [-0.25, -0.2) is 4.68 Å². The van der Waals surface area contributed by atoms with Gasteiger partial charge in [-0.2, -0.15) is 5.10 Å². The molecule has 0 aliphatic carbocycles. The van der Waals surface area contributed by atoms with Crippen molar-refractivity contribution in [1.82, 2.24) is 15.1 Å². The normalized spacial score (nSPS) is 11.4. The molecular formula is C26H23N5O3. The Morgan fingerprint density at radius 2 is 1.50 bits per heavy atom. The zero-order chi connectivity index (χ0) is 23.9. The molecule has 8 nitrogen and oxygen atoms in total. The number of benzene rings is 3. The molecule has 4 rings (SSSR count). The molecule has 0 saturated carbocycles. The molecule has 1 aromatic heterocycles. The number of nitrogens with one attached hydrogen (secondary N) is 2. The van der Waals surface area contributed by atoms with E-state index in [1.807, 2.05) is 36.4 Å². The van der Waals surface area contributed by atoms with Gasteiger partial charge in [0.1, 0.15) is 5.69 Å². The lowest BCUT2D eigenvalue weighted by Crippen LogP contribution is -2.31. The molecule has 1 heterocycles. The molecule has 3 amide bonds. The number of nitrogens with two attached hydrogens (primary N) is 1. The minimum absolute atomic E-state index is 0.0610. The highest BCUT2D eigenvalue weighted by atomic mass is 16.2. The third-order valence-electron chi connectivity index (χ3n) is 5.19. The van der Waals surface area contributed by atoms with Crippen LogP contribution in [0.5, 0.6) is 0 Å². The number of amides is 3. The Labute approximate surface area is 196 Å². The molecule has 0 radical (unpaired) electrons. The molecule has 1 atom stereocenters. The van der Waals surface area contributed by atoms with Crippen molar-refractivity contribution < 1.29 is 14.4 Å². The Morgan fingerprint density at radius 3 is 2.12 bits per heavy atom. The fourth-order valence-corrected chi connectivity index (χ4v) is 3.46. The Kier molecular flexibility index (Phi) is 6.78. The molecule has 0 fully saturated rings. The summed E-state index contributed by atoms with van der Waals surface area (Å²) in [6.07, 6.45) is 1.69. The lowest BCUT2D eigenvalue weighted by molar-refractivity contribution is -0.116. The van der Waals surface area contributed by atoms with Crippen molar-refractivity contribution in [1.29, 1.82) is 0 Å². The highest BCUT2D eigenvalue weighted by Gasteiger charge is 2.19. The van der Waals surface area contributed by atoms with E-state index in [1.165, 1.54) is 10.7 Å². The van der Waals surface area contributed by atoms with E-state index >= 15 is 0 Å². The minimum Gasteiger partial charge on any atom is -0.364 e. The predicted molar refractivity (Wildman–Crippen MR) is 128 cm³/mol. The molecule has 4 N–H and O–H groups in total. The van der Waals surface area contributed by atoms with E-state index in [-0.39, 0.29) is 23.9 Å². The summed E-state index contributed by atoms with van der Waals surface area (Å²) in [6.45, 7) is 0. The predicted octanol–water partition coefficient (Wildman–Crippen LogP) is 3.47. The van der Waals surface area contributed by atoms with Crippen molar-refractivity contribution in [3.8, 4) is 5.69 Å². The summed E-state index contributed by atoms with van der Waals surface area (Å²) in [6, 6.07) is 26.3. The van der Waals surface area contributed by atoms with Gasteiger partial charge in [0.15, 0.2) is 0 Å². The Hall–Kier alpha value is -4.72. The van der Waals surface area contributed by atoms with Crippen LogP contribution in [0.2, 0.25) is 0 Å². The van der Waals surface area contributed by atoms with E-state index < -0.39 is 11.9 Å². The van der Waals surface area contributed by atoms with Gasteiger partial charge in [-0.15, -0.1) is 0 Å². The van der Waals surface area contributed by atoms with Gasteiger partial charge in [0.05, 0.1) is 18.2 Å². The number of hydrogen-bond acceptors (Lipinski definition) is 4. The van der Waals surface area contributed by atoms with E-state index in [9.17, 15) is 14.4 Å². The fourth-order valence-electron chi connectivity index (χ4n) is 3.46. The third kappa shape index (κ3) is 5.55. The zero-order valence-corrected chi connectivity index (χ0v) is 18.2. The summed E-state index contributed by atoms with van der Waals surface area (Å²) in [5.41, 5.74) is 8.07. The number of anilines is 1. The first kappa shape index (κ1) is 22.5. The standard InChI is InChI=1S/C26H23N5O3/c27-25(33)22-15-16-31(30-22)21-13-11-20(12-14-21)28-24(32)17-23(18-7-3-1-4-8-18)29-26(34)19-9-5-2-6-10-19/h1-16,23H,17H2,(H2,27,33)(H,28,32)(H,29,34)/t23-/m1/s1. The average molecular weight is 454 g/mol. The molecule has 0 saturated heterocycles. The summed E-state index contributed by atoms with van der Waals surface area (Å²) < 4.78 is 1.52. The molecule has 0 aliphatic heterocycles. The molecule has 0 spiro atoms. The van der Waals surface area contributed by atoms with Crippen LogP contribution in [0.25, 0.3) is 5.69 Å². The topological polar surface area (TPSA) is 119 Å². The van der Waals surface area contributed by atoms with Crippen LogP contribution in [0.4, 0.5) is 5.69 Å². The maximum atomic E-state index is 12.8. The van der Waals surface area contributed by atoms with E-state index in [4.69, 9.17) is 5.73 Å². The molecule has 170 valence electrons. The fraction of sp³-hybridized carbons (Fsp3) is 0.0769. The number of aromatic nitrogens is 2. The number of nitrogens with zero attached hydrogens (tertiary/aromatic N) is 2. The van der Waals surface area contributed by atoms with Gasteiger partial charge in [0.2, 0.25) is 5.91 Å². The van der Waals surface area contributed by atoms with Gasteiger partial charge in [-0.3, -0.25) is 14.4 Å². The lowest BCUT2D eigenvalue weighted by atomic mass is 10.0. The molecular weight excluding hydrogens is 430 g/mol. The van der Waals surface area contributed by atoms with Gasteiger partial charge >= 0.3 is 0 Å². The lowest BCUT2D eigenvalue weighted by Gasteiger charge is -2.19. The second-order valence-corrected chi connectivity index (χ2v) is 7.61. The molecule has 34 heavy (non-hydrogen) atoms. The summed E-state index contributed by atoms with van der Waals surface area (Å²) in [5.74, 6) is -1.10. The van der Waals surface area contributed by atoms with Crippen LogP contribution in [0.1, 0.15) is 38.9 Å². The maximum Gasteiger partial charge on any atom is 0.269 e. The number of hydrogen-bond donors (Lipinski definition) is 3. The Balaban J connectivity index is 1.44. The molecule has 8 heteroatoms. The monoisotopic (exact) mass is 453 g/mol. The van der Waals surface area contributed by atoms with Crippen LogP contribution in [-0.2, 0) is 4.79 Å². The van der Waals surface area contributed by atoms with Gasteiger partial charge in [-0.1, -0.05) is 48.5 Å². The highest BCUT2D eigenvalue weighted by Crippen LogP contribution is 2.20. The van der Waals surface area contributed by atoms with Crippen LogP contribution < -0.4 is 16.4 Å². The van der Waals surface area contributed by atoms with Crippen molar-refractivity contribution in [2.24, 2.45) is 5.73 Å². The minimum atomic E-state index is -0.602. The molecule has 0 bridgehead atoms. The van der Waals surface area contributed by atoms with Crippen molar-refractivity contribution in [2.75, 3.05) is 5.32 Å². The molecule has 3 aromatic carbocycles. The summed E-state index contributed by atoms with van der Waals surface area (Å²) in [7, 11) is 0. The van der Waals surface area contributed by atoms with Crippen LogP contribution in [0.3, 0.4) is 0 Å². The summed E-state index contributed by atoms with van der Waals surface area (Å²) >= 11 is 0. The first-order chi connectivity index (χ1) is 16.5. The quantitative estimate of drug-likeness (QED) is 0.378. The van der Waals surface area contributed by atoms with Crippen LogP contribution in [0.15, 0.2) is 97.2 Å². The maximum absolute atomic E-state index is 12.8. The SMILES string of the molecule is NC(=O)c1ccn(-c2ccc(NC(=O)C[C@@H](NC(=O)c3ccccc3)c3ccccc3)cc2)n1. The summed E-state index contributed by atoms with van der Waals surface area (Å²) in [5, 5.41) is 9.93. The largest absolute Gasteiger partial charge is 0.364 e. The Bertz CT molecular complexity index is 1290. The van der Waals surface area contributed by atoms with Crippen LogP contribution in [-0.4, -0.2) is 27.5 Å². The van der Waals surface area contributed by atoms with E-state index in [0.717, 1.165) is 5.56 Å². The second-order valence-electron chi connectivity index (χ2n) is 7.61. The smallest absolute Gasteiger partial charge is 0.269 e. The number of primary amides is 1. The van der Waals surface area contributed by atoms with Gasteiger partial charge in [0.25, 0.3) is 11.8 Å². The van der Waals surface area contributed by atoms with Gasteiger partial charge in [-0.05, 0) is 48.0 Å². The number of carbonyl (C=O) groups is 3. The van der Waals surface area contributed by atoms with E-state index in [2.05, 4.69) is 15.7 Å². The van der Waals surface area contributed by atoms with Crippen molar-refractivity contribution in [2.45, 2.75) is 12.5 Å². The van der Waals surface area contributed by atoms with E-state index in [0.29, 0.717) is 16.9 Å². The molecule has 0 unspecified atom stereocenters. The molecule has 0 aliphatic rings. The van der Waals surface area contributed by atoms with Crippen molar-refractivity contribution in [3.05, 3.63) is 114 Å². The van der Waals surface area contributed by atoms with Gasteiger partial charge < -0.3 is 16.4 Å². The zero-order valence-electron chi connectivity index (χ0n) is 18.2. The van der Waals surface area contributed by atoms with Crippen molar-refractivity contribution >= 4 is 23.4 Å². The number of rotatable bonds is 8.